The van der Waals surface area contributed by atoms with Crippen LogP contribution in [0.2, 0.25) is 0 Å². The molecule has 6 nitrogen and oxygen atoms in total. The van der Waals surface area contributed by atoms with Gasteiger partial charge in [0.15, 0.2) is 5.69 Å². The van der Waals surface area contributed by atoms with Crippen LogP contribution in [-0.2, 0) is 0 Å². The van der Waals surface area contributed by atoms with E-state index in [1.54, 1.807) is 47.5 Å². The maximum atomic E-state index is 14.2. The highest BCUT2D eigenvalue weighted by Crippen LogP contribution is 2.20. The maximum absolute atomic E-state index is 14.2. The zero-order valence-electron chi connectivity index (χ0n) is 13.9. The molecule has 0 bridgehead atoms. The minimum Gasteiger partial charge on any atom is -0.287 e. The van der Waals surface area contributed by atoms with Crippen LogP contribution in [0.5, 0.6) is 0 Å². The first kappa shape index (κ1) is 15.9. The van der Waals surface area contributed by atoms with Gasteiger partial charge in [-0.1, -0.05) is 12.1 Å². The van der Waals surface area contributed by atoms with Crippen LogP contribution in [0.15, 0.2) is 72.0 Å². The second-order valence-electron chi connectivity index (χ2n) is 5.77. The number of aromatic nitrogens is 5. The molecule has 0 aliphatic heterocycles. The lowest BCUT2D eigenvalue weighted by atomic mass is 10.2. The van der Waals surface area contributed by atoms with Gasteiger partial charge < -0.3 is 0 Å². The Balaban J connectivity index is 1.88. The lowest BCUT2D eigenvalue weighted by Crippen LogP contribution is -2.15. The third-order valence-electron chi connectivity index (χ3n) is 3.90. The number of hydrogen-bond donors (Lipinski definition) is 0. The van der Waals surface area contributed by atoms with Gasteiger partial charge in [0, 0.05) is 18.5 Å². The van der Waals surface area contributed by atoms with E-state index in [9.17, 15) is 9.18 Å². The van der Waals surface area contributed by atoms with Crippen LogP contribution in [-0.4, -0.2) is 24.5 Å². The monoisotopic (exact) mass is 347 g/mol. The minimum absolute atomic E-state index is 0.176. The molecule has 0 aliphatic rings. The minimum atomic E-state index is -0.434. The first-order chi connectivity index (χ1) is 12.6. The summed E-state index contributed by atoms with van der Waals surface area (Å²) in [6.07, 6.45) is 6.48. The summed E-state index contributed by atoms with van der Waals surface area (Å²) in [7, 11) is 0. The van der Waals surface area contributed by atoms with E-state index in [1.165, 1.54) is 23.0 Å². The molecule has 128 valence electrons. The third-order valence-corrected chi connectivity index (χ3v) is 3.90. The van der Waals surface area contributed by atoms with E-state index in [1.807, 2.05) is 13.0 Å². The van der Waals surface area contributed by atoms with Crippen molar-refractivity contribution in [1.82, 2.24) is 24.5 Å². The molecule has 0 fully saturated rings. The van der Waals surface area contributed by atoms with Crippen LogP contribution in [0.3, 0.4) is 0 Å². The molecule has 1 aromatic carbocycles. The number of nitrogens with zero attached hydrogens (tertiary/aromatic N) is 5. The fraction of sp³-hybridized carbons (Fsp3) is 0.0526. The van der Waals surface area contributed by atoms with Crippen LogP contribution in [0.25, 0.3) is 22.8 Å². The average Bonchev–Trinajstić information content (AvgIpc) is 3.12. The predicted molar refractivity (Wildman–Crippen MR) is 94.9 cm³/mol. The van der Waals surface area contributed by atoms with Crippen LogP contribution in [0.1, 0.15) is 5.56 Å². The van der Waals surface area contributed by atoms with Crippen molar-refractivity contribution < 1.29 is 4.39 Å². The Morgan fingerprint density at radius 3 is 2.73 bits per heavy atom. The van der Waals surface area contributed by atoms with Gasteiger partial charge in [0.1, 0.15) is 11.5 Å². The van der Waals surface area contributed by atoms with Gasteiger partial charge in [0.05, 0.1) is 23.8 Å². The molecular formula is C19H14FN5O. The second-order valence-corrected chi connectivity index (χ2v) is 5.77. The summed E-state index contributed by atoms with van der Waals surface area (Å²) in [5.41, 5.74) is 2.26. The number of aryl methyl sites for hydroxylation is 1. The highest BCUT2D eigenvalue weighted by atomic mass is 19.1. The largest absolute Gasteiger partial charge is 0.287 e. The van der Waals surface area contributed by atoms with Crippen LogP contribution in [0, 0.1) is 12.7 Å². The van der Waals surface area contributed by atoms with Crippen molar-refractivity contribution in [3.8, 4) is 22.8 Å². The summed E-state index contributed by atoms with van der Waals surface area (Å²) in [5.74, 6) is -0.434. The van der Waals surface area contributed by atoms with Gasteiger partial charge in [-0.3, -0.25) is 9.78 Å². The average molecular weight is 347 g/mol. The van der Waals surface area contributed by atoms with E-state index >= 15 is 0 Å². The topological polar surface area (TPSA) is 65.6 Å². The molecule has 4 aromatic rings. The van der Waals surface area contributed by atoms with Crippen molar-refractivity contribution >= 4 is 0 Å². The summed E-state index contributed by atoms with van der Waals surface area (Å²) in [6.45, 7) is 1.92. The molecule has 0 saturated heterocycles. The molecule has 0 radical (unpaired) electrons. The van der Waals surface area contributed by atoms with E-state index < -0.39 is 5.82 Å². The fourth-order valence-corrected chi connectivity index (χ4v) is 2.69. The third kappa shape index (κ3) is 2.79. The summed E-state index contributed by atoms with van der Waals surface area (Å²) < 4.78 is 17.1. The van der Waals surface area contributed by atoms with Gasteiger partial charge in [-0.25, -0.2) is 13.8 Å². The van der Waals surface area contributed by atoms with Crippen molar-refractivity contribution in [3.05, 3.63) is 88.9 Å². The van der Waals surface area contributed by atoms with E-state index in [0.717, 1.165) is 11.3 Å². The molecule has 7 heteroatoms. The maximum Gasteiger partial charge on any atom is 0.209 e. The van der Waals surface area contributed by atoms with Gasteiger partial charge >= 0.3 is 0 Å². The Labute approximate surface area is 148 Å². The van der Waals surface area contributed by atoms with Crippen LogP contribution < -0.4 is 5.43 Å². The zero-order chi connectivity index (χ0) is 18.1. The van der Waals surface area contributed by atoms with Gasteiger partial charge in [-0.2, -0.15) is 10.2 Å². The van der Waals surface area contributed by atoms with E-state index in [-0.39, 0.29) is 16.8 Å². The van der Waals surface area contributed by atoms with Crippen LogP contribution in [0.4, 0.5) is 4.39 Å². The summed E-state index contributed by atoms with van der Waals surface area (Å²) in [6, 6.07) is 11.2. The highest BCUT2D eigenvalue weighted by Gasteiger charge is 2.15. The Hall–Kier alpha value is -3.61. The smallest absolute Gasteiger partial charge is 0.209 e. The first-order valence-electron chi connectivity index (χ1n) is 7.95. The predicted octanol–water partition coefficient (Wildman–Crippen LogP) is 2.93. The van der Waals surface area contributed by atoms with E-state index in [4.69, 9.17) is 0 Å². The summed E-state index contributed by atoms with van der Waals surface area (Å²) in [4.78, 5) is 16.6. The SMILES string of the molecule is Cc1cncc(-n2ccc(=O)c(-c3ccnn3-c3ccccc3F)n2)c1. The molecule has 0 amide bonds. The normalized spacial score (nSPS) is 10.8. The Bertz CT molecular complexity index is 1150. The number of pyridine rings is 1. The lowest BCUT2D eigenvalue weighted by molar-refractivity contribution is 0.611. The Morgan fingerprint density at radius 2 is 1.92 bits per heavy atom. The summed E-state index contributed by atoms with van der Waals surface area (Å²) >= 11 is 0. The molecular weight excluding hydrogens is 333 g/mol. The highest BCUT2D eigenvalue weighted by molar-refractivity contribution is 5.57. The quantitative estimate of drug-likeness (QED) is 0.571. The van der Waals surface area contributed by atoms with Gasteiger partial charge in [-0.05, 0) is 36.8 Å². The number of benzene rings is 1. The lowest BCUT2D eigenvalue weighted by Gasteiger charge is -2.10. The van der Waals surface area contributed by atoms with Crippen molar-refractivity contribution in [2.75, 3.05) is 0 Å². The number of halogens is 1. The Morgan fingerprint density at radius 1 is 1.08 bits per heavy atom. The molecule has 3 aromatic heterocycles. The van der Waals surface area contributed by atoms with Crippen molar-refractivity contribution in [1.29, 1.82) is 0 Å². The van der Waals surface area contributed by atoms with Gasteiger partial charge in [0.25, 0.3) is 0 Å². The summed E-state index contributed by atoms with van der Waals surface area (Å²) in [5, 5.41) is 8.58. The molecule has 0 aliphatic carbocycles. The van der Waals surface area contributed by atoms with Crippen molar-refractivity contribution in [2.24, 2.45) is 0 Å². The number of para-hydroxylation sites is 1. The number of hydrogen-bond acceptors (Lipinski definition) is 4. The number of rotatable bonds is 3. The fourth-order valence-electron chi connectivity index (χ4n) is 2.69. The van der Waals surface area contributed by atoms with E-state index in [0.29, 0.717) is 5.69 Å². The Kier molecular flexibility index (Phi) is 3.89. The molecule has 26 heavy (non-hydrogen) atoms. The van der Waals surface area contributed by atoms with Crippen LogP contribution >= 0.6 is 0 Å². The van der Waals surface area contributed by atoms with Gasteiger partial charge in [0.2, 0.25) is 5.43 Å². The molecule has 0 unspecified atom stereocenters. The van der Waals surface area contributed by atoms with Gasteiger partial charge in [-0.15, -0.1) is 0 Å². The first-order valence-corrected chi connectivity index (χ1v) is 7.95. The molecule has 0 saturated carbocycles. The molecule has 0 N–H and O–H groups in total. The molecule has 0 atom stereocenters. The zero-order valence-corrected chi connectivity index (χ0v) is 13.9. The van der Waals surface area contributed by atoms with E-state index in [2.05, 4.69) is 15.2 Å². The second kappa shape index (κ2) is 6.36. The van der Waals surface area contributed by atoms with Crippen molar-refractivity contribution in [2.45, 2.75) is 6.92 Å². The molecule has 0 spiro atoms. The molecule has 4 rings (SSSR count). The molecule has 3 heterocycles. The standard InChI is InChI=1S/C19H14FN5O/c1-13-10-14(12-21-11-13)24-9-7-18(26)19(23-24)17-6-8-22-25(17)16-5-3-2-4-15(16)20/h2-12H,1H3. The van der Waals surface area contributed by atoms with Crippen molar-refractivity contribution in [3.63, 3.8) is 0 Å².